The zero-order chi connectivity index (χ0) is 31.2. The van der Waals surface area contributed by atoms with E-state index in [-0.39, 0.29) is 6.04 Å². The highest BCUT2D eigenvalue weighted by molar-refractivity contribution is 4.91. The molecule has 1 heteroatoms. The van der Waals surface area contributed by atoms with E-state index in [4.69, 9.17) is 5.73 Å². The Labute approximate surface area is 274 Å². The lowest BCUT2D eigenvalue weighted by Crippen LogP contribution is -2.16. The van der Waals surface area contributed by atoms with Crippen molar-refractivity contribution in [2.24, 2.45) is 5.73 Å². The van der Waals surface area contributed by atoms with Crippen LogP contribution in [-0.2, 0) is 0 Å². The van der Waals surface area contributed by atoms with E-state index in [9.17, 15) is 0 Å². The third kappa shape index (κ3) is 39.7. The molecule has 0 radical (unpaired) electrons. The zero-order valence-corrected chi connectivity index (χ0v) is 30.5. The lowest BCUT2D eigenvalue weighted by atomic mass is 10.0. The predicted molar refractivity (Wildman–Crippen MR) is 199 cm³/mol. The van der Waals surface area contributed by atoms with Gasteiger partial charge in [-0.2, -0.15) is 0 Å². The van der Waals surface area contributed by atoms with Gasteiger partial charge in [0.25, 0.3) is 0 Å². The molecule has 0 aliphatic heterocycles. The molecule has 0 aliphatic carbocycles. The average molecular weight is 604 g/mol. The van der Waals surface area contributed by atoms with Crippen molar-refractivity contribution >= 4 is 0 Å². The highest BCUT2D eigenvalue weighted by atomic mass is 14.6. The molecule has 0 aromatic heterocycles. The Kier molecular flexibility index (Phi) is 39.4. The van der Waals surface area contributed by atoms with Gasteiger partial charge in [-0.05, 0) is 19.3 Å². The normalized spacial score (nSPS) is 12.5. The lowest BCUT2D eigenvalue weighted by Gasteiger charge is -2.07. The summed E-state index contributed by atoms with van der Waals surface area (Å²) in [6, 6.07) is 0.284. The van der Waals surface area contributed by atoms with E-state index in [0.29, 0.717) is 0 Å². The van der Waals surface area contributed by atoms with Crippen LogP contribution in [0.3, 0.4) is 0 Å². The Morgan fingerprint density at radius 3 is 0.837 bits per heavy atom. The Balaban J connectivity index is 3.20. The van der Waals surface area contributed by atoms with Gasteiger partial charge in [0.1, 0.15) is 0 Å². The minimum Gasteiger partial charge on any atom is -0.324 e. The molecule has 0 bridgehead atoms. The van der Waals surface area contributed by atoms with Gasteiger partial charge in [-0.3, -0.25) is 0 Å². The van der Waals surface area contributed by atoms with E-state index in [0.717, 1.165) is 0 Å². The Bertz CT molecular complexity index is 497. The smallest absolute Gasteiger partial charge is 0.0223 e. The molecule has 1 unspecified atom stereocenters. The predicted octanol–water partition coefficient (Wildman–Crippen LogP) is 15.3. The fraction of sp³-hybridized carbons (Fsp3) is 0.952. The number of hydrogen-bond donors (Lipinski definition) is 1. The second-order valence-electron chi connectivity index (χ2n) is 14.3. The molecule has 1 nitrogen and oxygen atoms in total. The highest BCUT2D eigenvalue weighted by Crippen LogP contribution is 2.16. The molecule has 258 valence electrons. The summed E-state index contributed by atoms with van der Waals surface area (Å²) >= 11 is 0. The molecule has 0 amide bonds. The van der Waals surface area contributed by atoms with E-state index >= 15 is 0 Å². The number of nitrogens with two attached hydrogens (primary N) is 1. The van der Waals surface area contributed by atoms with Crippen LogP contribution in [-0.4, -0.2) is 6.04 Å². The van der Waals surface area contributed by atoms with Gasteiger partial charge in [0.05, 0.1) is 0 Å². The zero-order valence-electron chi connectivity index (χ0n) is 30.5. The first-order valence-corrected chi connectivity index (χ1v) is 20.7. The van der Waals surface area contributed by atoms with Crippen LogP contribution in [0.5, 0.6) is 0 Å². The molecule has 43 heavy (non-hydrogen) atoms. The first-order chi connectivity index (χ1) is 21.3. The molecule has 0 fully saturated rings. The minimum absolute atomic E-state index is 0.284. The van der Waals surface area contributed by atoms with Gasteiger partial charge in [0.15, 0.2) is 0 Å². The Hall–Kier alpha value is -0.300. The number of allylic oxidation sites excluding steroid dienone is 1. The maximum Gasteiger partial charge on any atom is 0.0223 e. The summed E-state index contributed by atoms with van der Waals surface area (Å²) in [7, 11) is 0. The number of hydrogen-bond acceptors (Lipinski definition) is 1. The molecule has 0 spiro atoms. The Morgan fingerprint density at radius 2 is 0.558 bits per heavy atom. The van der Waals surface area contributed by atoms with Gasteiger partial charge in [0, 0.05) is 6.04 Å². The van der Waals surface area contributed by atoms with E-state index in [1.165, 1.54) is 238 Å². The van der Waals surface area contributed by atoms with Crippen LogP contribution in [0.25, 0.3) is 0 Å². The van der Waals surface area contributed by atoms with Crippen LogP contribution in [0.2, 0.25) is 0 Å². The fourth-order valence-electron chi connectivity index (χ4n) is 6.64. The largest absolute Gasteiger partial charge is 0.324 e. The second kappa shape index (κ2) is 39.7. The van der Waals surface area contributed by atoms with Crippen molar-refractivity contribution in [3.05, 3.63) is 12.2 Å². The van der Waals surface area contributed by atoms with Gasteiger partial charge >= 0.3 is 0 Å². The van der Waals surface area contributed by atoms with E-state index in [1.807, 2.05) is 0 Å². The molecule has 0 rings (SSSR count). The van der Waals surface area contributed by atoms with Crippen LogP contribution >= 0.6 is 0 Å². The molecular weight excluding hydrogens is 518 g/mol. The lowest BCUT2D eigenvalue weighted by molar-refractivity contribution is 0.519. The molecule has 0 saturated heterocycles. The monoisotopic (exact) mass is 604 g/mol. The van der Waals surface area contributed by atoms with Crippen LogP contribution in [0.1, 0.15) is 251 Å². The van der Waals surface area contributed by atoms with Gasteiger partial charge in [-0.15, -0.1) is 0 Å². The molecule has 0 saturated carbocycles. The van der Waals surface area contributed by atoms with Crippen molar-refractivity contribution in [3.8, 4) is 0 Å². The highest BCUT2D eigenvalue weighted by Gasteiger charge is 1.99. The van der Waals surface area contributed by atoms with Crippen LogP contribution in [0, 0.1) is 0 Å². The number of unbranched alkanes of at least 4 members (excludes halogenated alkanes) is 34. The molecule has 0 aromatic rings. The van der Waals surface area contributed by atoms with E-state index in [1.54, 1.807) is 0 Å². The van der Waals surface area contributed by atoms with Gasteiger partial charge in [-0.1, -0.05) is 244 Å². The second-order valence-corrected chi connectivity index (χ2v) is 14.3. The van der Waals surface area contributed by atoms with Crippen molar-refractivity contribution < 1.29 is 0 Å². The summed E-state index contributed by atoms with van der Waals surface area (Å²) in [6.07, 6.45) is 57.6. The summed E-state index contributed by atoms with van der Waals surface area (Å²) in [5.41, 5.74) is 6.34. The summed E-state index contributed by atoms with van der Waals surface area (Å²) < 4.78 is 0. The van der Waals surface area contributed by atoms with Crippen molar-refractivity contribution in [1.29, 1.82) is 0 Å². The van der Waals surface area contributed by atoms with E-state index < -0.39 is 0 Å². The van der Waals surface area contributed by atoms with Crippen LogP contribution in [0.15, 0.2) is 12.2 Å². The first-order valence-electron chi connectivity index (χ1n) is 20.7. The average Bonchev–Trinajstić information content (AvgIpc) is 3.01. The molecule has 0 aliphatic rings. The topological polar surface area (TPSA) is 26.0 Å². The molecule has 1 atom stereocenters. The van der Waals surface area contributed by atoms with Gasteiger partial charge in [-0.25, -0.2) is 0 Å². The first kappa shape index (κ1) is 42.7. The molecular formula is C42H85N. The number of rotatable bonds is 38. The standard InChI is InChI=1S/C42H85N/c1-3-5-7-9-11-13-15-17-19-21-23-25-27-29-31-33-35-37-39-41-42(43)40-38-36-34-32-30-28-26-24-22-20-18-16-14-12-10-8-6-4-2/h38,40,42H,3-37,39,41,43H2,1-2H3. The quantitative estimate of drug-likeness (QED) is 0.0551. The van der Waals surface area contributed by atoms with Gasteiger partial charge in [0.2, 0.25) is 0 Å². The van der Waals surface area contributed by atoms with Gasteiger partial charge < -0.3 is 5.73 Å². The van der Waals surface area contributed by atoms with E-state index in [2.05, 4.69) is 26.0 Å². The third-order valence-corrected chi connectivity index (χ3v) is 9.75. The van der Waals surface area contributed by atoms with Crippen LogP contribution in [0.4, 0.5) is 0 Å². The molecule has 2 N–H and O–H groups in total. The minimum atomic E-state index is 0.284. The van der Waals surface area contributed by atoms with Crippen molar-refractivity contribution in [2.75, 3.05) is 0 Å². The van der Waals surface area contributed by atoms with Crippen LogP contribution < -0.4 is 5.73 Å². The third-order valence-electron chi connectivity index (χ3n) is 9.75. The Morgan fingerprint density at radius 1 is 0.326 bits per heavy atom. The SMILES string of the molecule is CCCCCCCCCCCCCCCCCCC=CC(N)CCCCCCCCCCCCCCCCCCCCC. The fourth-order valence-corrected chi connectivity index (χ4v) is 6.64. The van der Waals surface area contributed by atoms with Crippen molar-refractivity contribution in [2.45, 2.75) is 257 Å². The summed E-state index contributed by atoms with van der Waals surface area (Å²) in [4.78, 5) is 0. The maximum atomic E-state index is 6.34. The summed E-state index contributed by atoms with van der Waals surface area (Å²) in [6.45, 7) is 4.61. The molecule has 0 aromatic carbocycles. The maximum absolute atomic E-state index is 6.34. The van der Waals surface area contributed by atoms with Crippen molar-refractivity contribution in [1.82, 2.24) is 0 Å². The molecule has 0 heterocycles. The van der Waals surface area contributed by atoms with Crippen molar-refractivity contribution in [3.63, 3.8) is 0 Å². The summed E-state index contributed by atoms with van der Waals surface area (Å²) in [5, 5.41) is 0. The summed E-state index contributed by atoms with van der Waals surface area (Å²) in [5.74, 6) is 0.